The quantitative estimate of drug-likeness (QED) is 0.326. The second kappa shape index (κ2) is 7.81. The van der Waals surface area contributed by atoms with Crippen molar-refractivity contribution < 1.29 is 18.7 Å². The number of ketones is 1. The van der Waals surface area contributed by atoms with Crippen molar-refractivity contribution in [3.8, 4) is 0 Å². The van der Waals surface area contributed by atoms with E-state index in [0.29, 0.717) is 16.7 Å². The van der Waals surface area contributed by atoms with Crippen molar-refractivity contribution in [2.24, 2.45) is 0 Å². The van der Waals surface area contributed by atoms with Gasteiger partial charge in [0.1, 0.15) is 17.6 Å². The monoisotopic (exact) mass is 429 g/mol. The van der Waals surface area contributed by atoms with Crippen LogP contribution in [0, 0.1) is 0 Å². The first-order valence-corrected chi connectivity index (χ1v) is 10.2. The Morgan fingerprint density at radius 1 is 1.12 bits per heavy atom. The number of hydrogen-bond acceptors (Lipinski definition) is 6. The van der Waals surface area contributed by atoms with Gasteiger partial charge in [0.25, 0.3) is 5.56 Å². The minimum atomic E-state index is -0.716. The fourth-order valence-electron chi connectivity index (χ4n) is 3.88. The highest BCUT2D eigenvalue weighted by molar-refractivity contribution is 6.09. The Kier molecular flexibility index (Phi) is 4.82. The van der Waals surface area contributed by atoms with Crippen LogP contribution in [0.15, 0.2) is 64.2 Å². The van der Waals surface area contributed by atoms with Crippen molar-refractivity contribution in [3.05, 3.63) is 76.5 Å². The Morgan fingerprint density at radius 3 is 2.78 bits per heavy atom. The van der Waals surface area contributed by atoms with Crippen LogP contribution in [0.3, 0.4) is 0 Å². The van der Waals surface area contributed by atoms with Crippen LogP contribution in [0.25, 0.3) is 33.0 Å². The standard InChI is InChI=1S/C24H19N3O5/c1-2-14-6-5-8-15-17(10-25-21(14)15)18(28)12-31-20(29)11-27-13-26-22-16-7-3-4-9-19(16)32-23(22)24(27)30/h3-10,13,25H,2,11-12H2,1H3. The molecule has 0 saturated carbocycles. The summed E-state index contributed by atoms with van der Waals surface area (Å²) in [6.07, 6.45) is 3.74. The lowest BCUT2D eigenvalue weighted by Crippen LogP contribution is -2.26. The molecule has 160 valence electrons. The van der Waals surface area contributed by atoms with Crippen molar-refractivity contribution >= 4 is 44.7 Å². The van der Waals surface area contributed by atoms with Crippen LogP contribution >= 0.6 is 0 Å². The van der Waals surface area contributed by atoms with Gasteiger partial charge >= 0.3 is 5.97 Å². The lowest BCUT2D eigenvalue weighted by Gasteiger charge is -2.06. The summed E-state index contributed by atoms with van der Waals surface area (Å²) in [7, 11) is 0. The van der Waals surface area contributed by atoms with Crippen LogP contribution in [0.5, 0.6) is 0 Å². The molecular weight excluding hydrogens is 410 g/mol. The van der Waals surface area contributed by atoms with Gasteiger partial charge in [-0.2, -0.15) is 0 Å². The Bertz CT molecular complexity index is 1560. The third-order valence-electron chi connectivity index (χ3n) is 5.50. The molecule has 0 spiro atoms. The van der Waals surface area contributed by atoms with Gasteiger partial charge in [0.05, 0.1) is 6.33 Å². The predicted molar refractivity (Wildman–Crippen MR) is 119 cm³/mol. The van der Waals surface area contributed by atoms with Crippen molar-refractivity contribution in [1.82, 2.24) is 14.5 Å². The van der Waals surface area contributed by atoms with Crippen LogP contribution in [0.2, 0.25) is 0 Å². The summed E-state index contributed by atoms with van der Waals surface area (Å²) in [6, 6.07) is 12.9. The fraction of sp³-hybridized carbons (Fsp3) is 0.167. The second-order valence-electron chi connectivity index (χ2n) is 7.43. The van der Waals surface area contributed by atoms with Crippen LogP contribution in [-0.2, 0) is 22.5 Å². The maximum Gasteiger partial charge on any atom is 0.326 e. The van der Waals surface area contributed by atoms with Gasteiger partial charge in [-0.25, -0.2) is 4.98 Å². The van der Waals surface area contributed by atoms with Crippen molar-refractivity contribution in [3.63, 3.8) is 0 Å². The molecule has 0 aliphatic rings. The first-order valence-electron chi connectivity index (χ1n) is 10.2. The van der Waals surface area contributed by atoms with Gasteiger partial charge in [0, 0.05) is 28.0 Å². The SMILES string of the molecule is CCc1cccc2c(C(=O)COC(=O)Cn3cnc4c(oc5ccccc54)c3=O)c[nH]c12. The van der Waals surface area contributed by atoms with E-state index in [2.05, 4.69) is 9.97 Å². The number of para-hydroxylation sites is 2. The highest BCUT2D eigenvalue weighted by Gasteiger charge is 2.18. The van der Waals surface area contributed by atoms with Gasteiger partial charge < -0.3 is 14.1 Å². The van der Waals surface area contributed by atoms with E-state index in [1.54, 1.807) is 18.3 Å². The molecule has 0 amide bonds. The number of aryl methyl sites for hydroxylation is 1. The third-order valence-corrected chi connectivity index (χ3v) is 5.50. The van der Waals surface area contributed by atoms with Gasteiger partial charge in [-0.3, -0.25) is 19.0 Å². The number of rotatable bonds is 6. The van der Waals surface area contributed by atoms with E-state index >= 15 is 0 Å². The Labute approximate surface area is 181 Å². The smallest absolute Gasteiger partial charge is 0.326 e. The van der Waals surface area contributed by atoms with E-state index in [1.807, 2.05) is 37.3 Å². The number of aromatic nitrogens is 3. The van der Waals surface area contributed by atoms with Gasteiger partial charge in [-0.05, 0) is 24.1 Å². The zero-order valence-electron chi connectivity index (χ0n) is 17.3. The molecule has 2 aromatic carbocycles. The Balaban J connectivity index is 1.31. The molecule has 0 bridgehead atoms. The number of esters is 1. The van der Waals surface area contributed by atoms with Crippen LogP contribution in [0.1, 0.15) is 22.8 Å². The summed E-state index contributed by atoms with van der Waals surface area (Å²) in [6.45, 7) is 1.25. The number of nitrogens with one attached hydrogen (secondary N) is 1. The molecular formula is C24H19N3O5. The normalized spacial score (nSPS) is 11.4. The van der Waals surface area contributed by atoms with E-state index < -0.39 is 18.1 Å². The zero-order chi connectivity index (χ0) is 22.2. The maximum absolute atomic E-state index is 12.7. The zero-order valence-corrected chi connectivity index (χ0v) is 17.3. The van der Waals surface area contributed by atoms with E-state index in [9.17, 15) is 14.4 Å². The number of nitrogens with zero attached hydrogens (tertiary/aromatic N) is 2. The first kappa shape index (κ1) is 19.7. The summed E-state index contributed by atoms with van der Waals surface area (Å²) in [4.78, 5) is 45.0. The van der Waals surface area contributed by atoms with Crippen molar-refractivity contribution in [2.75, 3.05) is 6.61 Å². The molecule has 0 unspecified atom stereocenters. The molecule has 3 heterocycles. The summed E-state index contributed by atoms with van der Waals surface area (Å²) in [5.74, 6) is -1.04. The molecule has 3 aromatic heterocycles. The molecule has 0 atom stereocenters. The van der Waals surface area contributed by atoms with Crippen LogP contribution in [-0.4, -0.2) is 32.9 Å². The van der Waals surface area contributed by atoms with E-state index in [1.165, 1.54) is 6.33 Å². The van der Waals surface area contributed by atoms with Gasteiger partial charge in [-0.15, -0.1) is 0 Å². The molecule has 5 aromatic rings. The Hall–Kier alpha value is -4.20. The molecule has 32 heavy (non-hydrogen) atoms. The third kappa shape index (κ3) is 3.26. The Morgan fingerprint density at radius 2 is 1.94 bits per heavy atom. The molecule has 1 N–H and O–H groups in total. The fourth-order valence-corrected chi connectivity index (χ4v) is 3.88. The summed E-state index contributed by atoms with van der Waals surface area (Å²) in [5, 5.41) is 1.52. The minimum absolute atomic E-state index is 0.0723. The largest absolute Gasteiger partial charge is 0.456 e. The molecule has 0 fully saturated rings. The van der Waals surface area contributed by atoms with E-state index in [-0.39, 0.29) is 17.9 Å². The maximum atomic E-state index is 12.7. The second-order valence-corrected chi connectivity index (χ2v) is 7.43. The summed E-state index contributed by atoms with van der Waals surface area (Å²) >= 11 is 0. The molecule has 0 radical (unpaired) electrons. The molecule has 5 rings (SSSR count). The molecule has 0 aliphatic heterocycles. The number of H-pyrrole nitrogens is 1. The average molecular weight is 429 g/mol. The number of fused-ring (bicyclic) bond motifs is 4. The van der Waals surface area contributed by atoms with Crippen molar-refractivity contribution in [1.29, 1.82) is 0 Å². The number of carbonyl (C=O) groups is 2. The molecule has 8 nitrogen and oxygen atoms in total. The molecule has 8 heteroatoms. The van der Waals surface area contributed by atoms with Gasteiger partial charge in [0.15, 0.2) is 6.61 Å². The topological polar surface area (TPSA) is 107 Å². The number of ether oxygens (including phenoxy) is 1. The number of furan rings is 1. The number of carbonyl (C=O) groups excluding carboxylic acids is 2. The lowest BCUT2D eigenvalue weighted by atomic mass is 10.1. The van der Waals surface area contributed by atoms with E-state index in [4.69, 9.17) is 9.15 Å². The number of benzene rings is 2. The van der Waals surface area contributed by atoms with Crippen molar-refractivity contribution in [2.45, 2.75) is 19.9 Å². The lowest BCUT2D eigenvalue weighted by molar-refractivity contribution is -0.143. The highest BCUT2D eigenvalue weighted by atomic mass is 16.5. The number of aromatic amines is 1. The average Bonchev–Trinajstić information content (AvgIpc) is 3.41. The first-order chi connectivity index (χ1) is 15.6. The molecule has 0 aliphatic carbocycles. The minimum Gasteiger partial charge on any atom is -0.456 e. The highest BCUT2D eigenvalue weighted by Crippen LogP contribution is 2.24. The van der Waals surface area contributed by atoms with Crippen LogP contribution < -0.4 is 5.56 Å². The van der Waals surface area contributed by atoms with E-state index in [0.717, 1.165) is 32.8 Å². The summed E-state index contributed by atoms with van der Waals surface area (Å²) < 4.78 is 11.9. The van der Waals surface area contributed by atoms with Crippen LogP contribution in [0.4, 0.5) is 0 Å². The van der Waals surface area contributed by atoms with Gasteiger partial charge in [-0.1, -0.05) is 37.3 Å². The summed E-state index contributed by atoms with van der Waals surface area (Å²) in [5.41, 5.74) is 3.04. The van der Waals surface area contributed by atoms with Gasteiger partial charge in [0.2, 0.25) is 11.4 Å². The molecule has 0 saturated heterocycles. The predicted octanol–water partition coefficient (Wildman–Crippen LogP) is 3.61. The number of hydrogen-bond donors (Lipinski definition) is 1. The number of Topliss-reactive ketones (excluding diaryl/α,β-unsaturated/α-hetero) is 1.